The SMILES string of the molecule is COc1cccc([C@H]2[C@@H](C(=O)c3ccc([N+](=O)[O-])cc3)N3c4ccccc4C=C[C@@H]3C23C(=O)c2ccccc2C3=O)c1. The summed E-state index contributed by atoms with van der Waals surface area (Å²) >= 11 is 0. The number of benzene rings is 4. The second-order valence-corrected chi connectivity index (χ2v) is 10.7. The summed E-state index contributed by atoms with van der Waals surface area (Å²) in [5, 5.41) is 11.3. The first-order valence-electron chi connectivity index (χ1n) is 13.5. The third-order valence-electron chi connectivity index (χ3n) is 8.80. The van der Waals surface area contributed by atoms with Crippen LogP contribution in [-0.2, 0) is 0 Å². The third kappa shape index (κ3) is 3.38. The van der Waals surface area contributed by atoms with Crippen LogP contribution >= 0.6 is 0 Å². The number of rotatable bonds is 5. The zero-order chi connectivity index (χ0) is 29.2. The number of ketones is 3. The van der Waals surface area contributed by atoms with Gasteiger partial charge in [-0.15, -0.1) is 0 Å². The lowest BCUT2D eigenvalue weighted by Crippen LogP contribution is -2.48. The van der Waals surface area contributed by atoms with E-state index < -0.39 is 28.3 Å². The lowest BCUT2D eigenvalue weighted by molar-refractivity contribution is -0.384. The molecule has 4 aromatic carbocycles. The smallest absolute Gasteiger partial charge is 0.269 e. The monoisotopic (exact) mass is 556 g/mol. The Balaban J connectivity index is 1.52. The molecule has 1 aliphatic carbocycles. The summed E-state index contributed by atoms with van der Waals surface area (Å²) in [6, 6.07) is 25.2. The topological polar surface area (TPSA) is 107 Å². The molecule has 8 nitrogen and oxygen atoms in total. The van der Waals surface area contributed by atoms with Crippen molar-refractivity contribution in [3.63, 3.8) is 0 Å². The molecular formula is C34H24N2O6. The highest BCUT2D eigenvalue weighted by atomic mass is 16.6. The maximum absolute atomic E-state index is 14.7. The Morgan fingerprint density at radius 3 is 2.21 bits per heavy atom. The molecule has 2 aliphatic heterocycles. The number of hydrogen-bond acceptors (Lipinski definition) is 7. The number of para-hydroxylation sites is 1. The number of nitrogens with zero attached hydrogens (tertiary/aromatic N) is 2. The maximum Gasteiger partial charge on any atom is 0.269 e. The number of non-ortho nitro benzene ring substituents is 1. The number of carbonyl (C=O) groups excluding carboxylic acids is 3. The van der Waals surface area contributed by atoms with E-state index in [1.807, 2.05) is 47.4 Å². The van der Waals surface area contributed by atoms with Gasteiger partial charge in [-0.05, 0) is 41.5 Å². The number of hydrogen-bond donors (Lipinski definition) is 0. The molecule has 2 heterocycles. The molecule has 0 saturated carbocycles. The summed E-state index contributed by atoms with van der Waals surface area (Å²) in [5.74, 6) is -1.37. The summed E-state index contributed by atoms with van der Waals surface area (Å²) in [5.41, 5.74) is 1.35. The number of fused-ring (bicyclic) bond motifs is 5. The van der Waals surface area contributed by atoms with Gasteiger partial charge in [-0.2, -0.15) is 0 Å². The molecule has 1 fully saturated rings. The summed E-state index contributed by atoms with van der Waals surface area (Å²) < 4.78 is 5.53. The molecule has 206 valence electrons. The van der Waals surface area contributed by atoms with Crippen LogP contribution in [0.15, 0.2) is 103 Å². The van der Waals surface area contributed by atoms with Crippen molar-refractivity contribution in [3.05, 3.63) is 141 Å². The van der Waals surface area contributed by atoms with Gasteiger partial charge >= 0.3 is 0 Å². The van der Waals surface area contributed by atoms with Gasteiger partial charge in [0.1, 0.15) is 17.2 Å². The maximum atomic E-state index is 14.7. The minimum atomic E-state index is -1.64. The first kappa shape index (κ1) is 25.6. The highest BCUT2D eigenvalue weighted by Gasteiger charge is 2.71. The van der Waals surface area contributed by atoms with Gasteiger partial charge in [-0.3, -0.25) is 24.5 Å². The fourth-order valence-electron chi connectivity index (χ4n) is 7.04. The molecule has 1 spiro atoms. The first-order chi connectivity index (χ1) is 20.4. The van der Waals surface area contributed by atoms with Crippen LogP contribution in [0.4, 0.5) is 11.4 Å². The van der Waals surface area contributed by atoms with Crippen LogP contribution in [0.25, 0.3) is 6.08 Å². The Kier molecular flexibility index (Phi) is 5.69. The molecule has 0 amide bonds. The minimum Gasteiger partial charge on any atom is -0.497 e. The van der Waals surface area contributed by atoms with Crippen molar-refractivity contribution in [3.8, 4) is 5.75 Å². The molecule has 7 rings (SSSR count). The van der Waals surface area contributed by atoms with Gasteiger partial charge in [0.05, 0.1) is 18.1 Å². The molecule has 0 N–H and O–H groups in total. The molecule has 3 atom stereocenters. The Morgan fingerprint density at radius 2 is 1.55 bits per heavy atom. The molecule has 1 saturated heterocycles. The van der Waals surface area contributed by atoms with Crippen LogP contribution in [-0.4, -0.2) is 41.5 Å². The molecule has 0 bridgehead atoms. The molecule has 0 radical (unpaired) electrons. The number of methoxy groups -OCH3 is 1. The standard InChI is InChI=1S/C34H24N2O6/c1-42-24-9-6-8-22(19-24)29-30(31(37)21-13-16-23(17-14-21)36(40)41)35-27-12-5-2-7-20(27)15-18-28(35)34(29)32(38)25-10-3-4-11-26(25)33(34)39/h2-19,28-30H,1H3/t28-,29+,30+/m1/s1. The Morgan fingerprint density at radius 1 is 0.881 bits per heavy atom. The molecule has 8 heteroatoms. The van der Waals surface area contributed by atoms with Gasteiger partial charge in [-0.25, -0.2) is 0 Å². The van der Waals surface area contributed by atoms with Gasteiger partial charge < -0.3 is 9.64 Å². The van der Waals surface area contributed by atoms with Gasteiger partial charge in [0, 0.05) is 40.4 Å². The number of ether oxygens (including phenoxy) is 1. The number of anilines is 1. The summed E-state index contributed by atoms with van der Waals surface area (Å²) in [4.78, 5) is 56.7. The molecule has 0 unspecified atom stereocenters. The van der Waals surface area contributed by atoms with Crippen molar-refractivity contribution in [2.75, 3.05) is 12.0 Å². The van der Waals surface area contributed by atoms with Crippen molar-refractivity contribution in [1.82, 2.24) is 0 Å². The lowest BCUT2D eigenvalue weighted by atomic mass is 9.64. The Hall–Kier alpha value is -5.37. The molecule has 42 heavy (non-hydrogen) atoms. The van der Waals surface area contributed by atoms with E-state index in [0.29, 0.717) is 22.4 Å². The Labute approximate surface area is 241 Å². The highest BCUT2D eigenvalue weighted by molar-refractivity contribution is 6.32. The van der Waals surface area contributed by atoms with E-state index in [2.05, 4.69) is 0 Å². The molecule has 4 aromatic rings. The van der Waals surface area contributed by atoms with Crippen molar-refractivity contribution in [1.29, 1.82) is 0 Å². The predicted octanol–water partition coefficient (Wildman–Crippen LogP) is 5.92. The van der Waals surface area contributed by atoms with Crippen LogP contribution in [0.1, 0.15) is 48.1 Å². The summed E-state index contributed by atoms with van der Waals surface area (Å²) in [6.07, 6.45) is 3.77. The van der Waals surface area contributed by atoms with Crippen molar-refractivity contribution in [2.45, 2.75) is 18.0 Å². The van der Waals surface area contributed by atoms with E-state index >= 15 is 0 Å². The third-order valence-corrected chi connectivity index (χ3v) is 8.80. The average Bonchev–Trinajstić information content (AvgIpc) is 3.47. The normalized spacial score (nSPS) is 21.2. The minimum absolute atomic E-state index is 0.139. The lowest BCUT2D eigenvalue weighted by Gasteiger charge is -2.37. The van der Waals surface area contributed by atoms with Gasteiger partial charge in [0.25, 0.3) is 5.69 Å². The van der Waals surface area contributed by atoms with Gasteiger partial charge in [0.15, 0.2) is 17.3 Å². The largest absolute Gasteiger partial charge is 0.497 e. The Bertz CT molecular complexity index is 1810. The molecular weight excluding hydrogens is 532 g/mol. The zero-order valence-corrected chi connectivity index (χ0v) is 22.5. The molecule has 0 aromatic heterocycles. The van der Waals surface area contributed by atoms with Crippen molar-refractivity contribution >= 4 is 34.8 Å². The van der Waals surface area contributed by atoms with E-state index in [9.17, 15) is 24.5 Å². The first-order valence-corrected chi connectivity index (χ1v) is 13.5. The second kappa shape index (κ2) is 9.34. The molecule has 3 aliphatic rings. The summed E-state index contributed by atoms with van der Waals surface area (Å²) in [7, 11) is 1.53. The van der Waals surface area contributed by atoms with Crippen LogP contribution < -0.4 is 9.64 Å². The highest BCUT2D eigenvalue weighted by Crippen LogP contribution is 2.61. The van der Waals surface area contributed by atoms with E-state index in [1.54, 1.807) is 42.5 Å². The van der Waals surface area contributed by atoms with Crippen LogP contribution in [0, 0.1) is 15.5 Å². The van der Waals surface area contributed by atoms with Crippen molar-refractivity contribution < 1.29 is 24.0 Å². The second-order valence-electron chi connectivity index (χ2n) is 10.7. The van der Waals surface area contributed by atoms with E-state index in [4.69, 9.17) is 4.74 Å². The number of Topliss-reactive ketones (excluding diaryl/α,β-unsaturated/α-hetero) is 3. The predicted molar refractivity (Wildman–Crippen MR) is 156 cm³/mol. The fourth-order valence-corrected chi connectivity index (χ4v) is 7.04. The number of nitro benzene ring substituents is 1. The van der Waals surface area contributed by atoms with E-state index in [1.165, 1.54) is 31.4 Å². The van der Waals surface area contributed by atoms with Crippen LogP contribution in [0.2, 0.25) is 0 Å². The van der Waals surface area contributed by atoms with Gasteiger partial charge in [-0.1, -0.05) is 66.7 Å². The number of carbonyl (C=O) groups is 3. The van der Waals surface area contributed by atoms with Crippen molar-refractivity contribution in [2.24, 2.45) is 5.41 Å². The fraction of sp³-hybridized carbons (Fsp3) is 0.147. The number of nitro groups is 1. The quantitative estimate of drug-likeness (QED) is 0.130. The van der Waals surface area contributed by atoms with Crippen LogP contribution in [0.5, 0.6) is 5.75 Å². The summed E-state index contributed by atoms with van der Waals surface area (Å²) in [6.45, 7) is 0. The van der Waals surface area contributed by atoms with Gasteiger partial charge in [0.2, 0.25) is 0 Å². The average molecular weight is 557 g/mol. The zero-order valence-electron chi connectivity index (χ0n) is 22.5. The van der Waals surface area contributed by atoms with E-state index in [0.717, 1.165) is 11.3 Å². The van der Waals surface area contributed by atoms with Crippen LogP contribution in [0.3, 0.4) is 0 Å². The van der Waals surface area contributed by atoms with E-state index in [-0.39, 0.29) is 28.6 Å².